The summed E-state index contributed by atoms with van der Waals surface area (Å²) in [5.41, 5.74) is 5.33. The molecule has 0 aromatic heterocycles. The Bertz CT molecular complexity index is 443. The Hall–Kier alpha value is -1.76. The van der Waals surface area contributed by atoms with Crippen LogP contribution in [0.4, 0.5) is 11.4 Å². The SMILES string of the molecule is CC.CC.c1ccc2c(c1)CCc1ccccc1N2. The average molecular weight is 255 g/mol. The molecule has 19 heavy (non-hydrogen) atoms. The standard InChI is InChI=1S/C14H13N.2C2H6/c1-3-7-13-11(5-1)9-10-12-6-2-4-8-14(12)15-13;2*1-2/h1-8,15H,9-10H2;2*1-2H3. The zero-order chi connectivity index (χ0) is 14.1. The van der Waals surface area contributed by atoms with Crippen molar-refractivity contribution in [2.24, 2.45) is 0 Å². The normalized spacial score (nSPS) is 11.2. The van der Waals surface area contributed by atoms with Crippen molar-refractivity contribution in [2.45, 2.75) is 40.5 Å². The van der Waals surface area contributed by atoms with Gasteiger partial charge in [-0.3, -0.25) is 0 Å². The van der Waals surface area contributed by atoms with Crippen molar-refractivity contribution >= 4 is 11.4 Å². The summed E-state index contributed by atoms with van der Waals surface area (Å²) in [6.07, 6.45) is 2.25. The van der Waals surface area contributed by atoms with Gasteiger partial charge in [-0.05, 0) is 36.1 Å². The molecule has 1 N–H and O–H groups in total. The summed E-state index contributed by atoms with van der Waals surface area (Å²) in [4.78, 5) is 0. The maximum atomic E-state index is 3.50. The number of rotatable bonds is 0. The predicted molar refractivity (Wildman–Crippen MR) is 86.3 cm³/mol. The molecule has 0 saturated heterocycles. The summed E-state index contributed by atoms with van der Waals surface area (Å²) in [7, 11) is 0. The minimum absolute atomic E-state index is 1.13. The first-order chi connectivity index (χ1) is 9.43. The number of benzene rings is 2. The Kier molecular flexibility index (Phi) is 6.73. The van der Waals surface area contributed by atoms with E-state index in [-0.39, 0.29) is 0 Å². The Balaban J connectivity index is 0.000000415. The first kappa shape index (κ1) is 15.3. The smallest absolute Gasteiger partial charge is 0.0416 e. The van der Waals surface area contributed by atoms with Gasteiger partial charge in [0.15, 0.2) is 0 Å². The minimum Gasteiger partial charge on any atom is -0.355 e. The van der Waals surface area contributed by atoms with Crippen molar-refractivity contribution in [3.8, 4) is 0 Å². The molecule has 0 unspecified atom stereocenters. The van der Waals surface area contributed by atoms with Crippen LogP contribution in [-0.4, -0.2) is 0 Å². The number of hydrogen-bond acceptors (Lipinski definition) is 1. The molecule has 0 amide bonds. The van der Waals surface area contributed by atoms with Crippen LogP contribution >= 0.6 is 0 Å². The van der Waals surface area contributed by atoms with Crippen LogP contribution in [-0.2, 0) is 12.8 Å². The van der Waals surface area contributed by atoms with Gasteiger partial charge < -0.3 is 5.32 Å². The lowest BCUT2D eigenvalue weighted by Gasteiger charge is -2.08. The van der Waals surface area contributed by atoms with Gasteiger partial charge >= 0.3 is 0 Å². The van der Waals surface area contributed by atoms with E-state index in [0.29, 0.717) is 0 Å². The molecule has 1 heterocycles. The molecular weight excluding hydrogens is 230 g/mol. The van der Waals surface area contributed by atoms with Crippen LogP contribution in [0, 0.1) is 0 Å². The van der Waals surface area contributed by atoms with Crippen LogP contribution in [0.2, 0.25) is 0 Å². The predicted octanol–water partition coefficient (Wildman–Crippen LogP) is 5.58. The molecule has 0 radical (unpaired) electrons. The summed E-state index contributed by atoms with van der Waals surface area (Å²) in [6.45, 7) is 8.00. The third-order valence-electron chi connectivity index (χ3n) is 2.97. The highest BCUT2D eigenvalue weighted by Crippen LogP contribution is 2.29. The molecule has 0 bridgehead atoms. The van der Waals surface area contributed by atoms with E-state index < -0.39 is 0 Å². The summed E-state index contributed by atoms with van der Waals surface area (Å²) >= 11 is 0. The molecule has 1 heteroatoms. The van der Waals surface area contributed by atoms with Crippen molar-refractivity contribution in [1.29, 1.82) is 0 Å². The van der Waals surface area contributed by atoms with Gasteiger partial charge in [0.05, 0.1) is 0 Å². The molecule has 0 atom stereocenters. The van der Waals surface area contributed by atoms with Gasteiger partial charge in [-0.2, -0.15) is 0 Å². The maximum absolute atomic E-state index is 3.50. The lowest BCUT2D eigenvalue weighted by molar-refractivity contribution is 0.977. The summed E-state index contributed by atoms with van der Waals surface area (Å²) < 4.78 is 0. The first-order valence-electron chi connectivity index (χ1n) is 7.36. The molecule has 3 rings (SSSR count). The molecule has 2 aromatic rings. The fourth-order valence-corrected chi connectivity index (χ4v) is 2.13. The zero-order valence-electron chi connectivity index (χ0n) is 12.5. The molecule has 2 aromatic carbocycles. The van der Waals surface area contributed by atoms with Crippen molar-refractivity contribution in [3.63, 3.8) is 0 Å². The second-order valence-electron chi connectivity index (χ2n) is 3.94. The van der Waals surface area contributed by atoms with Crippen LogP contribution in [0.5, 0.6) is 0 Å². The quantitative estimate of drug-likeness (QED) is 0.648. The summed E-state index contributed by atoms with van der Waals surface area (Å²) in [6, 6.07) is 17.1. The molecule has 0 aliphatic carbocycles. The molecule has 1 nitrogen and oxygen atoms in total. The van der Waals surface area contributed by atoms with Gasteiger partial charge in [-0.15, -0.1) is 0 Å². The fourth-order valence-electron chi connectivity index (χ4n) is 2.13. The monoisotopic (exact) mass is 255 g/mol. The molecular formula is C18H25N. The average Bonchev–Trinajstić information content (AvgIpc) is 2.70. The van der Waals surface area contributed by atoms with Crippen molar-refractivity contribution in [2.75, 3.05) is 5.32 Å². The number of fused-ring (bicyclic) bond motifs is 2. The minimum atomic E-state index is 1.13. The number of para-hydroxylation sites is 2. The molecule has 1 aliphatic rings. The zero-order valence-corrected chi connectivity index (χ0v) is 12.5. The first-order valence-corrected chi connectivity index (χ1v) is 7.36. The van der Waals surface area contributed by atoms with E-state index in [1.54, 1.807) is 0 Å². The maximum Gasteiger partial charge on any atom is 0.0416 e. The third kappa shape index (κ3) is 3.85. The van der Waals surface area contributed by atoms with Gasteiger partial charge in [-0.25, -0.2) is 0 Å². The van der Waals surface area contributed by atoms with E-state index in [0.717, 1.165) is 12.8 Å². The lowest BCUT2D eigenvalue weighted by Crippen LogP contribution is -1.92. The summed E-state index contributed by atoms with van der Waals surface area (Å²) in [5.74, 6) is 0. The van der Waals surface area contributed by atoms with E-state index in [4.69, 9.17) is 0 Å². The molecule has 102 valence electrons. The van der Waals surface area contributed by atoms with Gasteiger partial charge in [-0.1, -0.05) is 64.1 Å². The fraction of sp³-hybridized carbons (Fsp3) is 0.333. The lowest BCUT2D eigenvalue weighted by atomic mass is 10.0. The van der Waals surface area contributed by atoms with Crippen LogP contribution in [0.15, 0.2) is 48.5 Å². The van der Waals surface area contributed by atoms with Crippen LogP contribution in [0.1, 0.15) is 38.8 Å². The van der Waals surface area contributed by atoms with Gasteiger partial charge in [0.25, 0.3) is 0 Å². The van der Waals surface area contributed by atoms with E-state index >= 15 is 0 Å². The number of anilines is 2. The van der Waals surface area contributed by atoms with E-state index in [1.165, 1.54) is 22.5 Å². The second-order valence-corrected chi connectivity index (χ2v) is 3.94. The van der Waals surface area contributed by atoms with Crippen LogP contribution in [0.3, 0.4) is 0 Å². The van der Waals surface area contributed by atoms with Gasteiger partial charge in [0.2, 0.25) is 0 Å². The summed E-state index contributed by atoms with van der Waals surface area (Å²) in [5, 5.41) is 3.50. The molecule has 1 aliphatic heterocycles. The molecule has 0 saturated carbocycles. The largest absolute Gasteiger partial charge is 0.355 e. The number of nitrogens with one attached hydrogen (secondary N) is 1. The van der Waals surface area contributed by atoms with Gasteiger partial charge in [0, 0.05) is 11.4 Å². The Morgan fingerprint density at radius 2 is 1.00 bits per heavy atom. The Morgan fingerprint density at radius 1 is 0.632 bits per heavy atom. The highest BCUT2D eigenvalue weighted by Gasteiger charge is 2.10. The highest BCUT2D eigenvalue weighted by molar-refractivity contribution is 5.67. The van der Waals surface area contributed by atoms with Crippen LogP contribution < -0.4 is 5.32 Å². The van der Waals surface area contributed by atoms with E-state index in [9.17, 15) is 0 Å². The Morgan fingerprint density at radius 3 is 1.42 bits per heavy atom. The number of aryl methyl sites for hydroxylation is 2. The number of hydrogen-bond donors (Lipinski definition) is 1. The van der Waals surface area contributed by atoms with Crippen LogP contribution in [0.25, 0.3) is 0 Å². The van der Waals surface area contributed by atoms with Crippen molar-refractivity contribution in [1.82, 2.24) is 0 Å². The van der Waals surface area contributed by atoms with Gasteiger partial charge in [0.1, 0.15) is 0 Å². The van der Waals surface area contributed by atoms with Crippen molar-refractivity contribution in [3.05, 3.63) is 59.7 Å². The van der Waals surface area contributed by atoms with E-state index in [2.05, 4.69) is 53.8 Å². The second kappa shape index (κ2) is 8.36. The Labute approximate surface area is 117 Å². The molecule has 0 spiro atoms. The van der Waals surface area contributed by atoms with Crippen molar-refractivity contribution < 1.29 is 0 Å². The van der Waals surface area contributed by atoms with E-state index in [1.807, 2.05) is 27.7 Å². The third-order valence-corrected chi connectivity index (χ3v) is 2.97. The topological polar surface area (TPSA) is 12.0 Å². The highest BCUT2D eigenvalue weighted by atomic mass is 14.9. The molecule has 0 fully saturated rings.